The van der Waals surface area contributed by atoms with Gasteiger partial charge in [-0.1, -0.05) is 18.2 Å². The first-order valence-corrected chi connectivity index (χ1v) is 12.0. The van der Waals surface area contributed by atoms with Crippen molar-refractivity contribution in [2.24, 2.45) is 13.0 Å². The molecule has 1 aliphatic heterocycles. The summed E-state index contributed by atoms with van der Waals surface area (Å²) >= 11 is 0. The number of piperidine rings is 1. The molecule has 164 valence electrons. The minimum absolute atomic E-state index is 0.0460. The second-order valence-electron chi connectivity index (χ2n) is 8.22. The third kappa shape index (κ3) is 4.22. The van der Waals surface area contributed by atoms with Gasteiger partial charge in [-0.15, -0.1) is 0 Å². The van der Waals surface area contributed by atoms with Gasteiger partial charge >= 0.3 is 0 Å². The Kier molecular flexibility index (Phi) is 5.85. The zero-order valence-electron chi connectivity index (χ0n) is 18.1. The number of sulfonamides is 1. The standard InChI is InChI=1S/C23H28N4O3S/c1-16-8-9-19(14-17(16)2)31(29,30)27-12-10-18(11-13-27)23(28)24-15-22-25-20-6-4-5-7-21(20)26(22)3/h4-9,14,18H,10-13,15H2,1-3H3,(H,24,28). The molecule has 8 heteroatoms. The topological polar surface area (TPSA) is 84.3 Å². The summed E-state index contributed by atoms with van der Waals surface area (Å²) in [5, 5.41) is 2.98. The van der Waals surface area contributed by atoms with Gasteiger partial charge in [0.1, 0.15) is 5.82 Å². The number of carbonyl (C=O) groups excluding carboxylic acids is 1. The van der Waals surface area contributed by atoms with E-state index in [0.29, 0.717) is 37.4 Å². The number of rotatable bonds is 5. The number of nitrogens with zero attached hydrogens (tertiary/aromatic N) is 3. The van der Waals surface area contributed by atoms with Crippen LogP contribution in [-0.2, 0) is 28.4 Å². The molecule has 1 aromatic heterocycles. The van der Waals surface area contributed by atoms with E-state index in [0.717, 1.165) is 28.0 Å². The molecule has 1 fully saturated rings. The largest absolute Gasteiger partial charge is 0.349 e. The van der Waals surface area contributed by atoms with Crippen molar-refractivity contribution in [3.05, 3.63) is 59.4 Å². The fraction of sp³-hybridized carbons (Fsp3) is 0.391. The maximum Gasteiger partial charge on any atom is 0.243 e. The second-order valence-corrected chi connectivity index (χ2v) is 10.2. The van der Waals surface area contributed by atoms with Gasteiger partial charge in [0.15, 0.2) is 0 Å². The molecular weight excluding hydrogens is 412 g/mol. The normalized spacial score (nSPS) is 16.0. The SMILES string of the molecule is Cc1ccc(S(=O)(=O)N2CCC(C(=O)NCc3nc4ccccc4n3C)CC2)cc1C. The molecule has 31 heavy (non-hydrogen) atoms. The van der Waals surface area contributed by atoms with Crippen molar-refractivity contribution >= 4 is 27.0 Å². The van der Waals surface area contributed by atoms with Crippen LogP contribution < -0.4 is 5.32 Å². The van der Waals surface area contributed by atoms with Crippen LogP contribution in [0.4, 0.5) is 0 Å². The second kappa shape index (κ2) is 8.43. The number of benzene rings is 2. The van der Waals surface area contributed by atoms with Gasteiger partial charge in [0.25, 0.3) is 0 Å². The van der Waals surface area contributed by atoms with Crippen LogP contribution in [0, 0.1) is 19.8 Å². The Balaban J connectivity index is 1.36. The third-order valence-corrected chi connectivity index (χ3v) is 8.14. The highest BCUT2D eigenvalue weighted by Crippen LogP contribution is 2.25. The number of carbonyl (C=O) groups is 1. The smallest absolute Gasteiger partial charge is 0.243 e. The van der Waals surface area contributed by atoms with E-state index in [1.807, 2.05) is 55.8 Å². The number of hydrogen-bond acceptors (Lipinski definition) is 4. The van der Waals surface area contributed by atoms with Crippen LogP contribution >= 0.6 is 0 Å². The Morgan fingerprint density at radius 3 is 2.48 bits per heavy atom. The number of hydrogen-bond donors (Lipinski definition) is 1. The van der Waals surface area contributed by atoms with Crippen LogP contribution in [-0.4, -0.2) is 41.3 Å². The minimum Gasteiger partial charge on any atom is -0.349 e. The van der Waals surface area contributed by atoms with Gasteiger partial charge in [-0.2, -0.15) is 4.31 Å². The highest BCUT2D eigenvalue weighted by molar-refractivity contribution is 7.89. The number of aryl methyl sites for hydroxylation is 3. The summed E-state index contributed by atoms with van der Waals surface area (Å²) in [5.74, 6) is 0.556. The molecule has 0 spiro atoms. The van der Waals surface area contributed by atoms with Crippen LogP contribution in [0.15, 0.2) is 47.4 Å². The summed E-state index contributed by atoms with van der Waals surface area (Å²) in [5.41, 5.74) is 3.95. The van der Waals surface area contributed by atoms with Gasteiger partial charge in [0.2, 0.25) is 15.9 Å². The van der Waals surface area contributed by atoms with Gasteiger partial charge in [0, 0.05) is 26.1 Å². The van der Waals surface area contributed by atoms with Crippen LogP contribution in [0.5, 0.6) is 0 Å². The summed E-state index contributed by atoms with van der Waals surface area (Å²) in [4.78, 5) is 17.6. The lowest BCUT2D eigenvalue weighted by molar-refractivity contribution is -0.126. The Hall–Kier alpha value is -2.71. The first kappa shape index (κ1) is 21.5. The number of amides is 1. The highest BCUT2D eigenvalue weighted by Gasteiger charge is 2.32. The maximum atomic E-state index is 13.0. The van der Waals surface area contributed by atoms with E-state index in [-0.39, 0.29) is 11.8 Å². The van der Waals surface area contributed by atoms with Gasteiger partial charge in [-0.3, -0.25) is 4.79 Å². The fourth-order valence-electron chi connectivity index (χ4n) is 4.05. The van der Waals surface area contributed by atoms with E-state index in [1.54, 1.807) is 12.1 Å². The number of para-hydroxylation sites is 2. The molecule has 1 aliphatic rings. The summed E-state index contributed by atoms with van der Waals surface area (Å²) in [6, 6.07) is 13.1. The lowest BCUT2D eigenvalue weighted by atomic mass is 9.97. The number of imidazole rings is 1. The van der Waals surface area contributed by atoms with E-state index in [2.05, 4.69) is 10.3 Å². The molecule has 2 heterocycles. The quantitative estimate of drug-likeness (QED) is 0.661. The molecule has 0 bridgehead atoms. The van der Waals surface area contributed by atoms with Crippen molar-refractivity contribution in [3.8, 4) is 0 Å². The molecule has 0 radical (unpaired) electrons. The van der Waals surface area contributed by atoms with Crippen molar-refractivity contribution in [1.82, 2.24) is 19.2 Å². The summed E-state index contributed by atoms with van der Waals surface area (Å²) in [7, 11) is -1.60. The summed E-state index contributed by atoms with van der Waals surface area (Å²) in [6.07, 6.45) is 1.02. The Morgan fingerprint density at radius 1 is 1.10 bits per heavy atom. The zero-order chi connectivity index (χ0) is 22.2. The molecule has 3 aromatic rings. The van der Waals surface area contributed by atoms with Crippen molar-refractivity contribution in [2.45, 2.75) is 38.1 Å². The molecule has 2 aromatic carbocycles. The molecule has 1 amide bonds. The van der Waals surface area contributed by atoms with E-state index in [4.69, 9.17) is 0 Å². The molecule has 0 unspecified atom stereocenters. The molecule has 0 aliphatic carbocycles. The van der Waals surface area contributed by atoms with Crippen molar-refractivity contribution in [2.75, 3.05) is 13.1 Å². The fourth-order valence-corrected chi connectivity index (χ4v) is 5.60. The van der Waals surface area contributed by atoms with Crippen LogP contribution in [0.25, 0.3) is 11.0 Å². The van der Waals surface area contributed by atoms with Crippen LogP contribution in [0.2, 0.25) is 0 Å². The maximum absolute atomic E-state index is 13.0. The lowest BCUT2D eigenvalue weighted by Crippen LogP contribution is -2.43. The van der Waals surface area contributed by atoms with Gasteiger partial charge in [-0.05, 0) is 62.1 Å². The van der Waals surface area contributed by atoms with E-state index in [1.165, 1.54) is 4.31 Å². The first-order chi connectivity index (χ1) is 14.8. The highest BCUT2D eigenvalue weighted by atomic mass is 32.2. The van der Waals surface area contributed by atoms with Crippen molar-refractivity contribution < 1.29 is 13.2 Å². The monoisotopic (exact) mass is 440 g/mol. The van der Waals surface area contributed by atoms with Gasteiger partial charge in [0.05, 0.1) is 22.5 Å². The lowest BCUT2D eigenvalue weighted by Gasteiger charge is -2.30. The minimum atomic E-state index is -3.54. The third-order valence-electron chi connectivity index (χ3n) is 6.24. The number of aromatic nitrogens is 2. The van der Waals surface area contributed by atoms with Crippen molar-refractivity contribution in [3.63, 3.8) is 0 Å². The molecular formula is C23H28N4O3S. The average molecular weight is 441 g/mol. The van der Waals surface area contributed by atoms with Crippen LogP contribution in [0.1, 0.15) is 29.8 Å². The molecule has 0 atom stereocenters. The van der Waals surface area contributed by atoms with Crippen LogP contribution in [0.3, 0.4) is 0 Å². The number of nitrogens with one attached hydrogen (secondary N) is 1. The molecule has 4 rings (SSSR count). The Labute approximate surface area is 183 Å². The Morgan fingerprint density at radius 2 is 1.81 bits per heavy atom. The molecule has 0 saturated carbocycles. The zero-order valence-corrected chi connectivity index (χ0v) is 18.9. The van der Waals surface area contributed by atoms with Gasteiger partial charge < -0.3 is 9.88 Å². The average Bonchev–Trinajstić information content (AvgIpc) is 3.09. The van der Waals surface area contributed by atoms with E-state index < -0.39 is 10.0 Å². The molecule has 7 nitrogen and oxygen atoms in total. The van der Waals surface area contributed by atoms with Gasteiger partial charge in [-0.25, -0.2) is 13.4 Å². The predicted octanol–water partition coefficient (Wildman–Crippen LogP) is 2.91. The Bertz CT molecular complexity index is 1220. The molecule has 1 saturated heterocycles. The van der Waals surface area contributed by atoms with Crippen molar-refractivity contribution in [1.29, 1.82) is 0 Å². The molecule has 1 N–H and O–H groups in total. The predicted molar refractivity (Wildman–Crippen MR) is 120 cm³/mol. The summed E-state index contributed by atoms with van der Waals surface area (Å²) < 4.78 is 29.4. The van der Waals surface area contributed by atoms with E-state index in [9.17, 15) is 13.2 Å². The first-order valence-electron chi connectivity index (χ1n) is 10.5. The number of fused-ring (bicyclic) bond motifs is 1. The summed E-state index contributed by atoms with van der Waals surface area (Å²) in [6.45, 7) is 4.92. The van der Waals surface area contributed by atoms with E-state index >= 15 is 0 Å².